The van der Waals surface area contributed by atoms with Crippen LogP contribution in [0.2, 0.25) is 0 Å². The zero-order chi connectivity index (χ0) is 18.2. The van der Waals surface area contributed by atoms with Crippen LogP contribution in [0, 0.1) is 5.41 Å². The van der Waals surface area contributed by atoms with E-state index in [2.05, 4.69) is 108 Å². The molecule has 0 fully saturated rings. The van der Waals surface area contributed by atoms with Gasteiger partial charge in [0.1, 0.15) is 0 Å². The molecule has 0 saturated carbocycles. The Bertz CT molecular complexity index is 850. The summed E-state index contributed by atoms with van der Waals surface area (Å²) in [6, 6.07) is 24.7. The van der Waals surface area contributed by atoms with E-state index >= 15 is 0 Å². The lowest BCUT2D eigenvalue weighted by Gasteiger charge is -2.33. The van der Waals surface area contributed by atoms with Crippen molar-refractivity contribution in [3.05, 3.63) is 83.4 Å². The first-order valence-electron chi connectivity index (χ1n) is 9.26. The summed E-state index contributed by atoms with van der Waals surface area (Å²) in [5.74, 6) is 0.368. The molecule has 0 saturated heterocycles. The van der Waals surface area contributed by atoms with Gasteiger partial charge in [-0.05, 0) is 38.3 Å². The van der Waals surface area contributed by atoms with Crippen LogP contribution in [0.5, 0.6) is 0 Å². The fourth-order valence-electron chi connectivity index (χ4n) is 3.82. The fourth-order valence-corrected chi connectivity index (χ4v) is 3.82. The van der Waals surface area contributed by atoms with Crippen molar-refractivity contribution in [2.45, 2.75) is 52.9 Å². The Hall–Kier alpha value is -2.08. The van der Waals surface area contributed by atoms with Crippen molar-refractivity contribution in [2.75, 3.05) is 0 Å². The molecule has 0 heterocycles. The van der Waals surface area contributed by atoms with Gasteiger partial charge in [-0.25, -0.2) is 0 Å². The summed E-state index contributed by atoms with van der Waals surface area (Å²) >= 11 is 0. The molecule has 0 radical (unpaired) electrons. The summed E-state index contributed by atoms with van der Waals surface area (Å²) in [7, 11) is 0. The summed E-state index contributed by atoms with van der Waals surface area (Å²) in [5.41, 5.74) is 4.55. The predicted octanol–water partition coefficient (Wildman–Crippen LogP) is 7.32. The number of hydrogen-bond acceptors (Lipinski definition) is 0. The normalized spacial score (nSPS) is 13.8. The quantitative estimate of drug-likeness (QED) is 0.462. The average Bonchev–Trinajstić information content (AvgIpc) is 2.54. The number of hydrogen-bond donors (Lipinski definition) is 0. The first-order chi connectivity index (χ1) is 11.7. The molecule has 3 aromatic carbocycles. The van der Waals surface area contributed by atoms with Crippen LogP contribution in [0.15, 0.2) is 66.7 Å². The van der Waals surface area contributed by atoms with Crippen molar-refractivity contribution in [3.8, 4) is 0 Å². The summed E-state index contributed by atoms with van der Waals surface area (Å²) < 4.78 is 0. The first kappa shape index (κ1) is 17.7. The van der Waals surface area contributed by atoms with E-state index in [1.54, 1.807) is 0 Å². The molecule has 0 N–H and O–H groups in total. The Labute approximate surface area is 152 Å². The van der Waals surface area contributed by atoms with E-state index in [1.165, 1.54) is 27.5 Å². The Morgan fingerprint density at radius 3 is 1.84 bits per heavy atom. The Kier molecular flexibility index (Phi) is 4.49. The van der Waals surface area contributed by atoms with E-state index in [9.17, 15) is 0 Å². The maximum atomic E-state index is 2.34. The van der Waals surface area contributed by atoms with Crippen LogP contribution in [-0.4, -0.2) is 0 Å². The van der Waals surface area contributed by atoms with Gasteiger partial charge >= 0.3 is 0 Å². The highest BCUT2D eigenvalue weighted by Gasteiger charge is 2.29. The fraction of sp³-hybridized carbons (Fsp3) is 0.360. The van der Waals surface area contributed by atoms with Gasteiger partial charge in [0.2, 0.25) is 0 Å². The van der Waals surface area contributed by atoms with Crippen LogP contribution in [0.25, 0.3) is 10.8 Å². The number of fused-ring (bicyclic) bond motifs is 1. The van der Waals surface area contributed by atoms with E-state index in [-0.39, 0.29) is 10.8 Å². The van der Waals surface area contributed by atoms with Crippen molar-refractivity contribution in [2.24, 2.45) is 5.41 Å². The van der Waals surface area contributed by atoms with Crippen molar-refractivity contribution in [1.82, 2.24) is 0 Å². The van der Waals surface area contributed by atoms with E-state index in [4.69, 9.17) is 0 Å². The van der Waals surface area contributed by atoms with Gasteiger partial charge in [-0.3, -0.25) is 0 Å². The van der Waals surface area contributed by atoms with Crippen molar-refractivity contribution in [1.29, 1.82) is 0 Å². The van der Waals surface area contributed by atoms with Crippen LogP contribution in [-0.2, 0) is 5.41 Å². The second kappa shape index (κ2) is 6.33. The standard InChI is InChI=1S/C25H30/c1-24(2,3)20-16-14-19(15-17-20)23(25(4,5)6)22-13-9-11-18-10-7-8-12-21(18)22/h7-17,23H,1-6H3. The minimum atomic E-state index is 0.146. The van der Waals surface area contributed by atoms with E-state index in [0.29, 0.717) is 5.92 Å². The lowest BCUT2D eigenvalue weighted by molar-refractivity contribution is 0.360. The molecule has 3 rings (SSSR count). The summed E-state index contributed by atoms with van der Waals surface area (Å²) in [4.78, 5) is 0. The lowest BCUT2D eigenvalue weighted by Crippen LogP contribution is -2.20. The zero-order valence-corrected chi connectivity index (χ0v) is 16.4. The molecule has 25 heavy (non-hydrogen) atoms. The van der Waals surface area contributed by atoms with Crippen LogP contribution >= 0.6 is 0 Å². The molecule has 0 heteroatoms. The third-order valence-electron chi connectivity index (χ3n) is 5.11. The predicted molar refractivity (Wildman–Crippen MR) is 110 cm³/mol. The molecule has 3 aromatic rings. The van der Waals surface area contributed by atoms with E-state index in [0.717, 1.165) is 0 Å². The van der Waals surface area contributed by atoms with Crippen LogP contribution in [0.4, 0.5) is 0 Å². The van der Waals surface area contributed by atoms with Crippen LogP contribution in [0.1, 0.15) is 64.2 Å². The van der Waals surface area contributed by atoms with Crippen molar-refractivity contribution < 1.29 is 0 Å². The highest BCUT2D eigenvalue weighted by Crippen LogP contribution is 2.43. The largest absolute Gasteiger partial charge is 0.0616 e. The van der Waals surface area contributed by atoms with Gasteiger partial charge in [-0.2, -0.15) is 0 Å². The van der Waals surface area contributed by atoms with Crippen LogP contribution < -0.4 is 0 Å². The maximum Gasteiger partial charge on any atom is 0.0144 e. The molecule has 0 aliphatic rings. The van der Waals surface area contributed by atoms with Gasteiger partial charge in [0.15, 0.2) is 0 Å². The van der Waals surface area contributed by atoms with Gasteiger partial charge in [-0.15, -0.1) is 0 Å². The average molecular weight is 331 g/mol. The molecule has 0 aliphatic carbocycles. The summed E-state index contributed by atoms with van der Waals surface area (Å²) in [5, 5.41) is 2.69. The van der Waals surface area contributed by atoms with Gasteiger partial charge < -0.3 is 0 Å². The van der Waals surface area contributed by atoms with Crippen molar-refractivity contribution in [3.63, 3.8) is 0 Å². The molecular formula is C25H30. The molecule has 0 aliphatic heterocycles. The van der Waals surface area contributed by atoms with Gasteiger partial charge in [0, 0.05) is 5.92 Å². The van der Waals surface area contributed by atoms with Gasteiger partial charge in [-0.1, -0.05) is 108 Å². The molecular weight excluding hydrogens is 300 g/mol. The molecule has 0 nitrogen and oxygen atoms in total. The zero-order valence-electron chi connectivity index (χ0n) is 16.4. The third-order valence-corrected chi connectivity index (χ3v) is 5.11. The minimum Gasteiger partial charge on any atom is -0.0616 e. The van der Waals surface area contributed by atoms with E-state index < -0.39 is 0 Å². The highest BCUT2D eigenvalue weighted by atomic mass is 14.3. The van der Waals surface area contributed by atoms with Crippen LogP contribution in [0.3, 0.4) is 0 Å². The SMILES string of the molecule is CC(C)(C)c1ccc(C(c2cccc3ccccc23)C(C)(C)C)cc1. The summed E-state index contributed by atoms with van der Waals surface area (Å²) in [6.07, 6.45) is 0. The smallest absolute Gasteiger partial charge is 0.0144 e. The number of rotatable bonds is 2. The molecule has 1 unspecified atom stereocenters. The third kappa shape index (κ3) is 3.63. The topological polar surface area (TPSA) is 0 Å². The molecule has 0 amide bonds. The minimum absolute atomic E-state index is 0.146. The Balaban J connectivity index is 2.16. The second-order valence-electron chi connectivity index (χ2n) is 9.24. The highest BCUT2D eigenvalue weighted by molar-refractivity contribution is 5.86. The second-order valence-corrected chi connectivity index (χ2v) is 9.24. The Morgan fingerprint density at radius 2 is 1.24 bits per heavy atom. The lowest BCUT2D eigenvalue weighted by atomic mass is 9.71. The summed E-state index contributed by atoms with van der Waals surface area (Å²) in [6.45, 7) is 13.8. The molecule has 0 bridgehead atoms. The van der Waals surface area contributed by atoms with Gasteiger partial charge in [0.25, 0.3) is 0 Å². The monoisotopic (exact) mass is 330 g/mol. The number of benzene rings is 3. The Morgan fingerprint density at radius 1 is 0.640 bits per heavy atom. The first-order valence-corrected chi connectivity index (χ1v) is 9.26. The molecule has 0 spiro atoms. The molecule has 1 atom stereocenters. The van der Waals surface area contributed by atoms with Gasteiger partial charge in [0.05, 0.1) is 0 Å². The van der Waals surface area contributed by atoms with Crippen molar-refractivity contribution >= 4 is 10.8 Å². The molecule has 0 aromatic heterocycles. The molecule has 130 valence electrons. The maximum absolute atomic E-state index is 2.34. The van der Waals surface area contributed by atoms with E-state index in [1.807, 2.05) is 0 Å².